The zero-order chi connectivity index (χ0) is 15.2. The van der Waals surface area contributed by atoms with E-state index < -0.39 is 0 Å². The van der Waals surface area contributed by atoms with E-state index in [1.165, 1.54) is 0 Å². The molecule has 0 aliphatic rings. The molecule has 0 bridgehead atoms. The highest BCUT2D eigenvalue weighted by atomic mass is 16.3. The number of nitrogens with zero attached hydrogens (tertiary/aromatic N) is 1. The standard InChI is InChI=1S/C16H21N3O2/c1-11-12(2)18-19-15(11)6-7-16(21)17-9-13-4-3-5-14(8-13)10-20/h3-5,8,20H,6-7,9-10H2,1-2H3,(H,17,21)(H,18,19). The second-order valence-corrected chi connectivity index (χ2v) is 5.18. The molecule has 21 heavy (non-hydrogen) atoms. The molecule has 1 aromatic carbocycles. The molecule has 2 aromatic rings. The minimum absolute atomic E-state index is 0.00412. The maximum absolute atomic E-state index is 11.9. The van der Waals surface area contributed by atoms with Crippen molar-refractivity contribution in [3.63, 3.8) is 0 Å². The fraction of sp³-hybridized carbons (Fsp3) is 0.375. The highest BCUT2D eigenvalue weighted by Gasteiger charge is 2.08. The van der Waals surface area contributed by atoms with Gasteiger partial charge in [0.2, 0.25) is 5.91 Å². The van der Waals surface area contributed by atoms with Crippen molar-refractivity contribution in [2.45, 2.75) is 39.8 Å². The Morgan fingerprint density at radius 2 is 2.10 bits per heavy atom. The summed E-state index contributed by atoms with van der Waals surface area (Å²) < 4.78 is 0. The van der Waals surface area contributed by atoms with Gasteiger partial charge in [0.25, 0.3) is 0 Å². The molecule has 5 nitrogen and oxygen atoms in total. The number of carbonyl (C=O) groups is 1. The first-order valence-electron chi connectivity index (χ1n) is 7.06. The topological polar surface area (TPSA) is 78.0 Å². The Labute approximate surface area is 124 Å². The predicted molar refractivity (Wildman–Crippen MR) is 80.6 cm³/mol. The zero-order valence-electron chi connectivity index (χ0n) is 12.4. The molecule has 0 aliphatic carbocycles. The third-order valence-corrected chi connectivity index (χ3v) is 3.61. The monoisotopic (exact) mass is 287 g/mol. The van der Waals surface area contributed by atoms with E-state index in [1.54, 1.807) is 0 Å². The van der Waals surface area contributed by atoms with Crippen LogP contribution < -0.4 is 5.32 Å². The van der Waals surface area contributed by atoms with Crippen LogP contribution in [0.3, 0.4) is 0 Å². The number of hydrogen-bond donors (Lipinski definition) is 3. The van der Waals surface area contributed by atoms with Gasteiger partial charge >= 0.3 is 0 Å². The first-order valence-corrected chi connectivity index (χ1v) is 7.06. The Hall–Kier alpha value is -2.14. The number of aromatic nitrogens is 2. The summed E-state index contributed by atoms with van der Waals surface area (Å²) in [7, 11) is 0. The van der Waals surface area contributed by atoms with Crippen LogP contribution in [0, 0.1) is 13.8 Å². The average Bonchev–Trinajstić information content (AvgIpc) is 2.83. The third kappa shape index (κ3) is 4.16. The maximum atomic E-state index is 11.9. The van der Waals surface area contributed by atoms with Crippen LogP contribution in [0.15, 0.2) is 24.3 Å². The molecule has 2 rings (SSSR count). The molecule has 1 aromatic heterocycles. The van der Waals surface area contributed by atoms with E-state index in [-0.39, 0.29) is 12.5 Å². The van der Waals surface area contributed by atoms with Crippen LogP contribution in [0.25, 0.3) is 0 Å². The first kappa shape index (κ1) is 15.3. The molecule has 1 amide bonds. The van der Waals surface area contributed by atoms with E-state index in [0.717, 1.165) is 28.1 Å². The van der Waals surface area contributed by atoms with Gasteiger partial charge in [-0.05, 0) is 30.5 Å². The van der Waals surface area contributed by atoms with Crippen molar-refractivity contribution < 1.29 is 9.90 Å². The number of rotatable bonds is 6. The number of benzene rings is 1. The number of hydrogen-bond acceptors (Lipinski definition) is 3. The lowest BCUT2D eigenvalue weighted by molar-refractivity contribution is -0.121. The van der Waals surface area contributed by atoms with Crippen molar-refractivity contribution in [1.29, 1.82) is 0 Å². The Bertz CT molecular complexity index is 620. The number of aliphatic hydroxyl groups is 1. The SMILES string of the molecule is Cc1[nH]nc(CCC(=O)NCc2cccc(CO)c2)c1C. The minimum atomic E-state index is 0.00412. The average molecular weight is 287 g/mol. The molecular weight excluding hydrogens is 266 g/mol. The Balaban J connectivity index is 1.80. The summed E-state index contributed by atoms with van der Waals surface area (Å²) in [6, 6.07) is 7.55. The second-order valence-electron chi connectivity index (χ2n) is 5.18. The molecule has 112 valence electrons. The molecule has 0 fully saturated rings. The number of H-pyrrole nitrogens is 1. The van der Waals surface area contributed by atoms with Gasteiger partial charge in [-0.3, -0.25) is 9.89 Å². The Morgan fingerprint density at radius 1 is 1.33 bits per heavy atom. The fourth-order valence-corrected chi connectivity index (χ4v) is 2.14. The highest BCUT2D eigenvalue weighted by Crippen LogP contribution is 2.10. The number of amides is 1. The van der Waals surface area contributed by atoms with Crippen LogP contribution in [0.2, 0.25) is 0 Å². The molecule has 0 unspecified atom stereocenters. The molecule has 0 saturated heterocycles. The normalized spacial score (nSPS) is 10.6. The van der Waals surface area contributed by atoms with E-state index >= 15 is 0 Å². The van der Waals surface area contributed by atoms with E-state index in [1.807, 2.05) is 38.1 Å². The summed E-state index contributed by atoms with van der Waals surface area (Å²) in [6.07, 6.45) is 1.06. The minimum Gasteiger partial charge on any atom is -0.392 e. The van der Waals surface area contributed by atoms with Crippen LogP contribution in [-0.2, 0) is 24.4 Å². The Morgan fingerprint density at radius 3 is 2.76 bits per heavy atom. The summed E-state index contributed by atoms with van der Waals surface area (Å²) in [5, 5.41) is 19.1. The molecule has 0 aliphatic heterocycles. The van der Waals surface area contributed by atoms with Crippen LogP contribution in [-0.4, -0.2) is 21.2 Å². The van der Waals surface area contributed by atoms with Crippen molar-refractivity contribution in [2.75, 3.05) is 0 Å². The first-order chi connectivity index (χ1) is 10.1. The Kier molecular flexibility index (Phi) is 5.11. The maximum Gasteiger partial charge on any atom is 0.220 e. The quantitative estimate of drug-likeness (QED) is 0.757. The van der Waals surface area contributed by atoms with Crippen LogP contribution >= 0.6 is 0 Å². The lowest BCUT2D eigenvalue weighted by Crippen LogP contribution is -2.23. The molecule has 0 atom stereocenters. The lowest BCUT2D eigenvalue weighted by Gasteiger charge is -2.06. The van der Waals surface area contributed by atoms with E-state index in [9.17, 15) is 4.79 Å². The van der Waals surface area contributed by atoms with Crippen LogP contribution in [0.1, 0.15) is 34.5 Å². The van der Waals surface area contributed by atoms with E-state index in [2.05, 4.69) is 15.5 Å². The molecule has 0 saturated carbocycles. The van der Waals surface area contributed by atoms with Crippen molar-refractivity contribution in [2.24, 2.45) is 0 Å². The third-order valence-electron chi connectivity index (χ3n) is 3.61. The molecular formula is C16H21N3O2. The summed E-state index contributed by atoms with van der Waals surface area (Å²) in [6.45, 7) is 4.47. The number of nitrogens with one attached hydrogen (secondary N) is 2. The van der Waals surface area contributed by atoms with Gasteiger partial charge < -0.3 is 10.4 Å². The summed E-state index contributed by atoms with van der Waals surface area (Å²) in [5.41, 5.74) is 4.96. The van der Waals surface area contributed by atoms with Crippen molar-refractivity contribution >= 4 is 5.91 Å². The number of aryl methyl sites for hydroxylation is 2. The second kappa shape index (κ2) is 7.04. The molecule has 0 radical (unpaired) electrons. The summed E-state index contributed by atoms with van der Waals surface area (Å²) in [4.78, 5) is 11.9. The van der Waals surface area contributed by atoms with Crippen LogP contribution in [0.4, 0.5) is 0 Å². The van der Waals surface area contributed by atoms with Gasteiger partial charge in [-0.25, -0.2) is 0 Å². The predicted octanol–water partition coefficient (Wildman–Crippen LogP) is 1.77. The van der Waals surface area contributed by atoms with Crippen LogP contribution in [0.5, 0.6) is 0 Å². The fourth-order valence-electron chi connectivity index (χ4n) is 2.14. The van der Waals surface area contributed by atoms with E-state index in [0.29, 0.717) is 19.4 Å². The van der Waals surface area contributed by atoms with Gasteiger partial charge in [0.05, 0.1) is 12.3 Å². The summed E-state index contributed by atoms with van der Waals surface area (Å²) >= 11 is 0. The number of carbonyl (C=O) groups excluding carboxylic acids is 1. The van der Waals surface area contributed by atoms with Gasteiger partial charge in [0, 0.05) is 25.1 Å². The number of aromatic amines is 1. The van der Waals surface area contributed by atoms with Gasteiger partial charge in [0.15, 0.2) is 0 Å². The molecule has 5 heteroatoms. The summed E-state index contributed by atoms with van der Waals surface area (Å²) in [5.74, 6) is 0.00412. The van der Waals surface area contributed by atoms with Crippen molar-refractivity contribution in [3.8, 4) is 0 Å². The molecule has 0 spiro atoms. The van der Waals surface area contributed by atoms with Crippen molar-refractivity contribution in [1.82, 2.24) is 15.5 Å². The van der Waals surface area contributed by atoms with E-state index in [4.69, 9.17) is 5.11 Å². The van der Waals surface area contributed by atoms with Gasteiger partial charge in [-0.2, -0.15) is 5.10 Å². The lowest BCUT2D eigenvalue weighted by atomic mass is 10.1. The number of aliphatic hydroxyl groups excluding tert-OH is 1. The van der Waals surface area contributed by atoms with Gasteiger partial charge in [-0.15, -0.1) is 0 Å². The molecule has 3 N–H and O–H groups in total. The largest absolute Gasteiger partial charge is 0.392 e. The van der Waals surface area contributed by atoms with Gasteiger partial charge in [0.1, 0.15) is 0 Å². The van der Waals surface area contributed by atoms with Gasteiger partial charge in [-0.1, -0.05) is 24.3 Å². The smallest absolute Gasteiger partial charge is 0.220 e. The van der Waals surface area contributed by atoms with Crippen molar-refractivity contribution in [3.05, 3.63) is 52.3 Å². The highest BCUT2D eigenvalue weighted by molar-refractivity contribution is 5.76. The molecule has 1 heterocycles. The zero-order valence-corrected chi connectivity index (χ0v) is 12.4.